The molecule has 2 aromatic carbocycles. The van der Waals surface area contributed by atoms with E-state index in [9.17, 15) is 4.79 Å². The Morgan fingerprint density at radius 2 is 1.90 bits per heavy atom. The number of hydrogen-bond donors (Lipinski definition) is 1. The minimum atomic E-state index is -0.104. The average Bonchev–Trinajstić information content (AvgIpc) is 3.23. The molecular formula is C23H25ClN4OS. The highest BCUT2D eigenvalue weighted by atomic mass is 35.5. The zero-order valence-corrected chi connectivity index (χ0v) is 18.5. The zero-order valence-electron chi connectivity index (χ0n) is 17.0. The van der Waals surface area contributed by atoms with E-state index in [2.05, 4.69) is 45.8 Å². The van der Waals surface area contributed by atoms with E-state index < -0.39 is 0 Å². The lowest BCUT2D eigenvalue weighted by Crippen LogP contribution is -2.38. The van der Waals surface area contributed by atoms with Crippen LogP contribution < -0.4 is 10.2 Å². The van der Waals surface area contributed by atoms with Crippen molar-refractivity contribution in [2.24, 2.45) is 5.92 Å². The molecule has 7 heteroatoms. The highest BCUT2D eigenvalue weighted by Crippen LogP contribution is 2.25. The van der Waals surface area contributed by atoms with Crippen molar-refractivity contribution in [2.45, 2.75) is 26.2 Å². The molecule has 1 N–H and O–H groups in total. The van der Waals surface area contributed by atoms with Crippen molar-refractivity contribution in [2.75, 3.05) is 24.5 Å². The lowest BCUT2D eigenvalue weighted by molar-refractivity contribution is 0.0945. The summed E-state index contributed by atoms with van der Waals surface area (Å²) in [6, 6.07) is 15.7. The number of halogens is 1. The Kier molecular flexibility index (Phi) is 6.65. The lowest BCUT2D eigenvalue weighted by atomic mass is 9.97. The summed E-state index contributed by atoms with van der Waals surface area (Å²) >= 11 is 7.59. The highest BCUT2D eigenvalue weighted by molar-refractivity contribution is 7.09. The first-order valence-electron chi connectivity index (χ1n) is 10.2. The van der Waals surface area contributed by atoms with E-state index in [4.69, 9.17) is 16.6 Å². The van der Waals surface area contributed by atoms with E-state index in [1.807, 2.05) is 12.1 Å². The normalized spacial score (nSPS) is 14.7. The number of carbonyl (C=O) groups is 1. The standard InChI is InChI=1S/C23H25ClN4OS/c1-16-6-8-17(9-7-16)14-21-26-23(30-27-21)28-12-10-18(11-13-28)15-25-22(29)19-4-2-3-5-20(19)24/h2-9,18H,10-15H2,1H3,(H,25,29). The summed E-state index contributed by atoms with van der Waals surface area (Å²) in [5.41, 5.74) is 3.03. The van der Waals surface area contributed by atoms with Gasteiger partial charge in [-0.1, -0.05) is 53.6 Å². The third-order valence-electron chi connectivity index (χ3n) is 5.50. The molecule has 1 fully saturated rings. The van der Waals surface area contributed by atoms with E-state index in [0.717, 1.165) is 43.3 Å². The monoisotopic (exact) mass is 440 g/mol. The van der Waals surface area contributed by atoms with Crippen LogP contribution in [-0.4, -0.2) is 34.9 Å². The smallest absolute Gasteiger partial charge is 0.252 e. The van der Waals surface area contributed by atoms with Gasteiger partial charge in [-0.25, -0.2) is 4.98 Å². The second-order valence-corrected chi connectivity index (χ2v) is 8.91. The molecule has 0 saturated carbocycles. The molecule has 5 nitrogen and oxygen atoms in total. The number of anilines is 1. The molecule has 1 aliphatic heterocycles. The van der Waals surface area contributed by atoms with Crippen LogP contribution in [0.4, 0.5) is 5.13 Å². The fourth-order valence-corrected chi connectivity index (χ4v) is 4.60. The van der Waals surface area contributed by atoms with Crippen LogP contribution in [0.15, 0.2) is 48.5 Å². The number of nitrogens with zero attached hydrogens (tertiary/aromatic N) is 3. The maximum Gasteiger partial charge on any atom is 0.252 e. The first-order valence-corrected chi connectivity index (χ1v) is 11.4. The summed E-state index contributed by atoms with van der Waals surface area (Å²) in [5.74, 6) is 1.24. The van der Waals surface area contributed by atoms with Crippen LogP contribution in [0.2, 0.25) is 5.02 Å². The Morgan fingerprint density at radius 3 is 2.63 bits per heavy atom. The summed E-state index contributed by atoms with van der Waals surface area (Å²) in [6.07, 6.45) is 2.81. The molecular weight excluding hydrogens is 416 g/mol. The molecule has 1 aliphatic rings. The third kappa shape index (κ3) is 5.18. The maximum atomic E-state index is 12.3. The van der Waals surface area contributed by atoms with E-state index in [0.29, 0.717) is 23.0 Å². The van der Waals surface area contributed by atoms with Crippen LogP contribution in [0.3, 0.4) is 0 Å². The number of piperidine rings is 1. The number of carbonyl (C=O) groups excluding carboxylic acids is 1. The molecule has 0 spiro atoms. The van der Waals surface area contributed by atoms with Crippen LogP contribution in [0.1, 0.15) is 40.2 Å². The van der Waals surface area contributed by atoms with Crippen LogP contribution in [0, 0.1) is 12.8 Å². The summed E-state index contributed by atoms with van der Waals surface area (Å²) < 4.78 is 4.55. The number of benzene rings is 2. The van der Waals surface area contributed by atoms with E-state index in [1.165, 1.54) is 22.7 Å². The summed E-state index contributed by atoms with van der Waals surface area (Å²) in [6.45, 7) is 4.64. The van der Waals surface area contributed by atoms with E-state index in [1.54, 1.807) is 12.1 Å². The molecule has 0 unspecified atom stereocenters. The number of aryl methyl sites for hydroxylation is 1. The Labute approximate surface area is 186 Å². The van der Waals surface area contributed by atoms with Gasteiger partial charge in [-0.05, 0) is 43.4 Å². The average molecular weight is 441 g/mol. The van der Waals surface area contributed by atoms with Gasteiger partial charge in [0, 0.05) is 37.6 Å². The molecule has 2 heterocycles. The van der Waals surface area contributed by atoms with Gasteiger partial charge < -0.3 is 10.2 Å². The molecule has 0 atom stereocenters. The number of aromatic nitrogens is 2. The van der Waals surface area contributed by atoms with Gasteiger partial charge >= 0.3 is 0 Å². The quantitative estimate of drug-likeness (QED) is 0.601. The molecule has 4 rings (SSSR count). The SMILES string of the molecule is Cc1ccc(Cc2nsc(N3CCC(CNC(=O)c4ccccc4Cl)CC3)n2)cc1. The van der Waals surface area contributed by atoms with Gasteiger partial charge in [0.05, 0.1) is 10.6 Å². The van der Waals surface area contributed by atoms with Gasteiger partial charge in [-0.2, -0.15) is 4.37 Å². The maximum absolute atomic E-state index is 12.3. The van der Waals surface area contributed by atoms with Crippen LogP contribution in [0.25, 0.3) is 0 Å². The number of hydrogen-bond acceptors (Lipinski definition) is 5. The van der Waals surface area contributed by atoms with Crippen LogP contribution in [-0.2, 0) is 6.42 Å². The summed E-state index contributed by atoms with van der Waals surface area (Å²) in [7, 11) is 0. The Balaban J connectivity index is 1.25. The van der Waals surface area contributed by atoms with Gasteiger partial charge in [0.2, 0.25) is 5.13 Å². The van der Waals surface area contributed by atoms with Crippen LogP contribution >= 0.6 is 23.1 Å². The fourth-order valence-electron chi connectivity index (χ4n) is 3.64. The Hall–Kier alpha value is -2.44. The van der Waals surface area contributed by atoms with E-state index in [-0.39, 0.29) is 5.91 Å². The molecule has 1 aromatic heterocycles. The predicted octanol–water partition coefficient (Wildman–Crippen LogP) is 4.74. The largest absolute Gasteiger partial charge is 0.352 e. The molecule has 3 aromatic rings. The van der Waals surface area contributed by atoms with Crippen molar-refractivity contribution in [1.82, 2.24) is 14.7 Å². The van der Waals surface area contributed by atoms with Crippen LogP contribution in [0.5, 0.6) is 0 Å². The molecule has 1 amide bonds. The first-order chi connectivity index (χ1) is 14.6. The van der Waals surface area contributed by atoms with E-state index >= 15 is 0 Å². The highest BCUT2D eigenvalue weighted by Gasteiger charge is 2.22. The summed E-state index contributed by atoms with van der Waals surface area (Å²) in [5, 5.41) is 4.52. The van der Waals surface area contributed by atoms with Gasteiger partial charge in [0.15, 0.2) is 0 Å². The fraction of sp³-hybridized carbons (Fsp3) is 0.348. The minimum Gasteiger partial charge on any atom is -0.352 e. The number of nitrogens with one attached hydrogen (secondary N) is 1. The van der Waals surface area contributed by atoms with Gasteiger partial charge in [-0.15, -0.1) is 0 Å². The molecule has 30 heavy (non-hydrogen) atoms. The zero-order chi connectivity index (χ0) is 20.9. The topological polar surface area (TPSA) is 58.1 Å². The van der Waals surface area contributed by atoms with Crippen molar-refractivity contribution < 1.29 is 4.79 Å². The molecule has 0 aliphatic carbocycles. The van der Waals surface area contributed by atoms with Crippen molar-refractivity contribution in [3.8, 4) is 0 Å². The van der Waals surface area contributed by atoms with Crippen molar-refractivity contribution in [3.63, 3.8) is 0 Å². The molecule has 0 bridgehead atoms. The van der Waals surface area contributed by atoms with Crippen molar-refractivity contribution in [3.05, 3.63) is 76.1 Å². The van der Waals surface area contributed by atoms with Gasteiger partial charge in [-0.3, -0.25) is 4.79 Å². The number of amides is 1. The lowest BCUT2D eigenvalue weighted by Gasteiger charge is -2.31. The Bertz CT molecular complexity index is 996. The second kappa shape index (κ2) is 9.58. The van der Waals surface area contributed by atoms with Gasteiger partial charge in [0.1, 0.15) is 5.82 Å². The molecule has 1 saturated heterocycles. The predicted molar refractivity (Wildman–Crippen MR) is 123 cm³/mol. The van der Waals surface area contributed by atoms with Crippen molar-refractivity contribution in [1.29, 1.82) is 0 Å². The minimum absolute atomic E-state index is 0.104. The molecule has 156 valence electrons. The Morgan fingerprint density at radius 1 is 1.17 bits per heavy atom. The second-order valence-electron chi connectivity index (χ2n) is 7.78. The summed E-state index contributed by atoms with van der Waals surface area (Å²) in [4.78, 5) is 19.4. The van der Waals surface area contributed by atoms with Gasteiger partial charge in [0.25, 0.3) is 5.91 Å². The first kappa shape index (κ1) is 20.8. The van der Waals surface area contributed by atoms with Crippen molar-refractivity contribution >= 4 is 34.2 Å². The molecule has 0 radical (unpaired) electrons. The third-order valence-corrected chi connectivity index (χ3v) is 6.64. The number of rotatable bonds is 6.